The van der Waals surface area contributed by atoms with Crippen LogP contribution in [0.25, 0.3) is 10.9 Å². The van der Waals surface area contributed by atoms with E-state index in [1.54, 1.807) is 42.1 Å². The monoisotopic (exact) mass is 432 g/mol. The Morgan fingerprint density at radius 2 is 1.77 bits per heavy atom. The van der Waals surface area contributed by atoms with Crippen molar-refractivity contribution in [2.24, 2.45) is 0 Å². The molecule has 0 atom stereocenters. The number of aromatic nitrogens is 1. The molecule has 0 radical (unpaired) electrons. The standard InChI is InChI=1S/C25H21ClN2O3/c1-31-20-6-4-5-17(13-20)14-27-24(29)16-28-15-22(21-7-2-3-8-23(21)28)25(30)18-9-11-19(26)12-10-18/h2-13,15H,14,16H2,1H3,(H,27,29). The van der Waals surface area contributed by atoms with Gasteiger partial charge in [0, 0.05) is 39.8 Å². The topological polar surface area (TPSA) is 60.3 Å². The lowest BCUT2D eigenvalue weighted by molar-refractivity contribution is -0.121. The Bertz CT molecular complexity index is 1250. The second-order valence-electron chi connectivity index (χ2n) is 7.15. The van der Waals surface area contributed by atoms with Crippen molar-refractivity contribution in [2.75, 3.05) is 7.11 Å². The lowest BCUT2D eigenvalue weighted by Crippen LogP contribution is -2.26. The summed E-state index contributed by atoms with van der Waals surface area (Å²) in [5.41, 5.74) is 2.88. The van der Waals surface area contributed by atoms with Gasteiger partial charge in [0.15, 0.2) is 5.78 Å². The molecule has 3 aromatic carbocycles. The molecule has 6 heteroatoms. The molecule has 1 aromatic heterocycles. The van der Waals surface area contributed by atoms with Crippen LogP contribution in [0.15, 0.2) is 79.0 Å². The van der Waals surface area contributed by atoms with E-state index in [4.69, 9.17) is 16.3 Å². The molecule has 0 aliphatic rings. The minimum atomic E-state index is -0.144. The number of hydrogen-bond acceptors (Lipinski definition) is 3. The van der Waals surface area contributed by atoms with Gasteiger partial charge in [0.2, 0.25) is 5.91 Å². The fourth-order valence-corrected chi connectivity index (χ4v) is 3.63. The van der Waals surface area contributed by atoms with Crippen molar-refractivity contribution >= 4 is 34.2 Å². The van der Waals surface area contributed by atoms with Gasteiger partial charge in [-0.3, -0.25) is 9.59 Å². The van der Waals surface area contributed by atoms with Gasteiger partial charge in [0.05, 0.1) is 7.11 Å². The van der Waals surface area contributed by atoms with Crippen LogP contribution in [0.4, 0.5) is 0 Å². The SMILES string of the molecule is COc1cccc(CNC(=O)Cn2cc(C(=O)c3ccc(Cl)cc3)c3ccccc32)c1. The number of nitrogens with zero attached hydrogens (tertiary/aromatic N) is 1. The summed E-state index contributed by atoms with van der Waals surface area (Å²) in [5, 5.41) is 4.31. The number of carbonyl (C=O) groups is 2. The zero-order chi connectivity index (χ0) is 21.8. The number of nitrogens with one attached hydrogen (secondary N) is 1. The Kier molecular flexibility index (Phi) is 6.05. The van der Waals surface area contributed by atoms with Crippen molar-refractivity contribution in [2.45, 2.75) is 13.1 Å². The second-order valence-corrected chi connectivity index (χ2v) is 7.59. The van der Waals surface area contributed by atoms with Crippen LogP contribution in [0.3, 0.4) is 0 Å². The minimum absolute atomic E-state index is 0.108. The highest BCUT2D eigenvalue weighted by Crippen LogP contribution is 2.24. The van der Waals surface area contributed by atoms with Crippen LogP contribution >= 0.6 is 11.6 Å². The van der Waals surface area contributed by atoms with Crippen LogP contribution in [0.2, 0.25) is 5.02 Å². The molecule has 4 aromatic rings. The number of carbonyl (C=O) groups excluding carboxylic acids is 2. The zero-order valence-corrected chi connectivity index (χ0v) is 17.7. The largest absolute Gasteiger partial charge is 0.497 e. The van der Waals surface area contributed by atoms with E-state index in [-0.39, 0.29) is 18.2 Å². The lowest BCUT2D eigenvalue weighted by Gasteiger charge is -2.08. The molecule has 5 nitrogen and oxygen atoms in total. The molecule has 1 heterocycles. The number of rotatable bonds is 7. The smallest absolute Gasteiger partial charge is 0.240 e. The molecular weight excluding hydrogens is 412 g/mol. The fourth-order valence-electron chi connectivity index (χ4n) is 3.51. The fraction of sp³-hybridized carbons (Fsp3) is 0.120. The first-order valence-electron chi connectivity index (χ1n) is 9.83. The maximum Gasteiger partial charge on any atom is 0.240 e. The molecular formula is C25H21ClN2O3. The highest BCUT2D eigenvalue weighted by atomic mass is 35.5. The van der Waals surface area contributed by atoms with Gasteiger partial charge in [0.25, 0.3) is 0 Å². The van der Waals surface area contributed by atoms with E-state index in [1.165, 1.54) is 0 Å². The normalized spacial score (nSPS) is 10.8. The van der Waals surface area contributed by atoms with Gasteiger partial charge in [-0.05, 0) is 48.0 Å². The third-order valence-electron chi connectivity index (χ3n) is 5.08. The molecule has 0 spiro atoms. The molecule has 31 heavy (non-hydrogen) atoms. The Balaban J connectivity index is 1.54. The summed E-state index contributed by atoms with van der Waals surface area (Å²) in [6.45, 7) is 0.504. The average molecular weight is 433 g/mol. The molecule has 0 aliphatic carbocycles. The number of hydrogen-bond donors (Lipinski definition) is 1. The predicted octanol–water partition coefficient (Wildman–Crippen LogP) is 4.85. The van der Waals surface area contributed by atoms with Gasteiger partial charge >= 0.3 is 0 Å². The van der Waals surface area contributed by atoms with Crippen molar-refractivity contribution in [3.63, 3.8) is 0 Å². The molecule has 1 amide bonds. The van der Waals surface area contributed by atoms with Gasteiger partial charge in [-0.2, -0.15) is 0 Å². The molecule has 0 aliphatic heterocycles. The second kappa shape index (κ2) is 9.06. The molecule has 4 rings (SSSR count). The Morgan fingerprint density at radius 1 is 1.00 bits per heavy atom. The third kappa shape index (κ3) is 4.62. The van der Waals surface area contributed by atoms with E-state index in [2.05, 4.69) is 5.32 Å². The molecule has 156 valence electrons. The summed E-state index contributed by atoms with van der Waals surface area (Å²) in [6, 6.07) is 21.9. The molecule has 0 saturated carbocycles. The lowest BCUT2D eigenvalue weighted by atomic mass is 10.0. The van der Waals surface area contributed by atoms with Gasteiger partial charge in [-0.25, -0.2) is 0 Å². The summed E-state index contributed by atoms with van der Waals surface area (Å²) in [4.78, 5) is 25.7. The maximum absolute atomic E-state index is 13.1. The first-order valence-corrected chi connectivity index (χ1v) is 10.2. The van der Waals surface area contributed by atoms with Crippen molar-refractivity contribution in [3.05, 3.63) is 101 Å². The van der Waals surface area contributed by atoms with Crippen LogP contribution in [0.1, 0.15) is 21.5 Å². The van der Waals surface area contributed by atoms with Gasteiger partial charge < -0.3 is 14.6 Å². The summed E-state index contributed by atoms with van der Waals surface area (Å²) >= 11 is 5.94. The van der Waals surface area contributed by atoms with Crippen molar-refractivity contribution in [3.8, 4) is 5.75 Å². The Morgan fingerprint density at radius 3 is 2.55 bits per heavy atom. The van der Waals surface area contributed by atoms with E-state index in [9.17, 15) is 9.59 Å². The molecule has 0 fully saturated rings. The van der Waals surface area contributed by atoms with Crippen LogP contribution in [0, 0.1) is 0 Å². The van der Waals surface area contributed by atoms with Crippen LogP contribution < -0.4 is 10.1 Å². The van der Waals surface area contributed by atoms with Crippen LogP contribution in [-0.2, 0) is 17.9 Å². The van der Waals surface area contributed by atoms with Gasteiger partial charge in [-0.1, -0.05) is 41.9 Å². The predicted molar refractivity (Wildman–Crippen MR) is 122 cm³/mol. The molecule has 0 bridgehead atoms. The number of benzene rings is 3. The van der Waals surface area contributed by atoms with E-state index < -0.39 is 0 Å². The van der Waals surface area contributed by atoms with Gasteiger partial charge in [-0.15, -0.1) is 0 Å². The van der Waals surface area contributed by atoms with E-state index in [1.807, 2.05) is 48.5 Å². The van der Waals surface area contributed by atoms with Crippen LogP contribution in [0.5, 0.6) is 5.75 Å². The Hall–Kier alpha value is -3.57. The molecule has 0 unspecified atom stereocenters. The quantitative estimate of drug-likeness (QED) is 0.424. The first kappa shape index (κ1) is 20.7. The number of halogens is 1. The summed E-state index contributed by atoms with van der Waals surface area (Å²) < 4.78 is 7.02. The number of para-hydroxylation sites is 1. The van der Waals surface area contributed by atoms with E-state index in [0.29, 0.717) is 22.7 Å². The third-order valence-corrected chi connectivity index (χ3v) is 5.33. The number of fused-ring (bicyclic) bond motifs is 1. The minimum Gasteiger partial charge on any atom is -0.497 e. The van der Waals surface area contributed by atoms with Crippen molar-refractivity contribution in [1.82, 2.24) is 9.88 Å². The van der Waals surface area contributed by atoms with Crippen LogP contribution in [-0.4, -0.2) is 23.4 Å². The maximum atomic E-state index is 13.1. The number of amides is 1. The zero-order valence-electron chi connectivity index (χ0n) is 17.0. The average Bonchev–Trinajstić information content (AvgIpc) is 3.16. The Labute approximate surface area is 185 Å². The van der Waals surface area contributed by atoms with Gasteiger partial charge in [0.1, 0.15) is 12.3 Å². The summed E-state index contributed by atoms with van der Waals surface area (Å²) in [5.74, 6) is 0.492. The summed E-state index contributed by atoms with van der Waals surface area (Å²) in [7, 11) is 1.61. The molecule has 1 N–H and O–H groups in total. The van der Waals surface area contributed by atoms with Crippen molar-refractivity contribution < 1.29 is 14.3 Å². The van der Waals surface area contributed by atoms with E-state index in [0.717, 1.165) is 22.2 Å². The first-order chi connectivity index (χ1) is 15.0. The highest BCUT2D eigenvalue weighted by Gasteiger charge is 2.17. The van der Waals surface area contributed by atoms with Crippen molar-refractivity contribution in [1.29, 1.82) is 0 Å². The number of ketones is 1. The number of methoxy groups -OCH3 is 1. The summed E-state index contributed by atoms with van der Waals surface area (Å²) in [6.07, 6.45) is 1.74. The molecule has 0 saturated heterocycles. The highest BCUT2D eigenvalue weighted by molar-refractivity contribution is 6.30. The number of ether oxygens (including phenoxy) is 1. The van der Waals surface area contributed by atoms with E-state index >= 15 is 0 Å².